The molecule has 0 unspecified atom stereocenters. The molecule has 3 nitrogen and oxygen atoms in total. The van der Waals surface area contributed by atoms with Crippen molar-refractivity contribution in [3.05, 3.63) is 28.5 Å². The average molecular weight is 359 g/mol. The van der Waals surface area contributed by atoms with Crippen molar-refractivity contribution in [1.82, 2.24) is 14.5 Å². The first kappa shape index (κ1) is 15.8. The van der Waals surface area contributed by atoms with Gasteiger partial charge in [0, 0.05) is 23.3 Å². The molecule has 1 aromatic heterocycles. The van der Waals surface area contributed by atoms with E-state index in [1.54, 1.807) is 0 Å². The van der Waals surface area contributed by atoms with Crippen LogP contribution in [-0.4, -0.2) is 41.0 Å². The van der Waals surface area contributed by atoms with Gasteiger partial charge < -0.3 is 9.47 Å². The second-order valence-corrected chi connectivity index (χ2v) is 6.56. The van der Waals surface area contributed by atoms with Gasteiger partial charge in [-0.05, 0) is 51.7 Å². The molecule has 110 valence electrons. The molecule has 0 aliphatic heterocycles. The van der Waals surface area contributed by atoms with Crippen LogP contribution in [0.2, 0.25) is 0 Å². The van der Waals surface area contributed by atoms with Crippen molar-refractivity contribution >= 4 is 38.6 Å². The van der Waals surface area contributed by atoms with Crippen LogP contribution in [0.5, 0.6) is 0 Å². The van der Waals surface area contributed by atoms with Crippen LogP contribution in [0.25, 0.3) is 11.0 Å². The maximum absolute atomic E-state index is 5.90. The predicted octanol–water partition coefficient (Wildman–Crippen LogP) is 3.92. The lowest BCUT2D eigenvalue weighted by molar-refractivity contribution is 0.387. The van der Waals surface area contributed by atoms with Gasteiger partial charge in [-0.1, -0.05) is 15.9 Å². The number of imidazole rings is 1. The van der Waals surface area contributed by atoms with E-state index in [1.807, 2.05) is 6.07 Å². The van der Waals surface area contributed by atoms with Crippen molar-refractivity contribution in [2.75, 3.05) is 26.5 Å². The summed E-state index contributed by atoms with van der Waals surface area (Å²) >= 11 is 9.44. The molecule has 2 rings (SSSR count). The third-order valence-corrected chi connectivity index (χ3v) is 4.03. The van der Waals surface area contributed by atoms with Gasteiger partial charge in [0.1, 0.15) is 5.82 Å². The molecule has 0 spiro atoms. The van der Waals surface area contributed by atoms with Crippen LogP contribution in [0, 0.1) is 0 Å². The standard InChI is InChI=1S/C15H21BrClN3/c1-19(2)9-3-4-10-20-14-11-12(16)5-6-13(14)18-15(20)7-8-17/h5-6,11H,3-4,7-10H2,1-2H3. The summed E-state index contributed by atoms with van der Waals surface area (Å²) < 4.78 is 3.41. The molecular formula is C15H21BrClN3. The summed E-state index contributed by atoms with van der Waals surface area (Å²) in [6.45, 7) is 2.13. The normalized spacial score (nSPS) is 11.7. The molecule has 2 aromatic rings. The van der Waals surface area contributed by atoms with E-state index in [2.05, 4.69) is 51.6 Å². The first-order valence-corrected chi connectivity index (χ1v) is 8.30. The first-order valence-electron chi connectivity index (χ1n) is 6.97. The van der Waals surface area contributed by atoms with Gasteiger partial charge in [0.2, 0.25) is 0 Å². The molecule has 0 saturated heterocycles. The number of halogens is 2. The Morgan fingerprint density at radius 1 is 1.30 bits per heavy atom. The third kappa shape index (κ3) is 3.96. The Morgan fingerprint density at radius 2 is 2.10 bits per heavy atom. The van der Waals surface area contributed by atoms with Gasteiger partial charge in [0.25, 0.3) is 0 Å². The second-order valence-electron chi connectivity index (χ2n) is 5.26. The Morgan fingerprint density at radius 3 is 2.80 bits per heavy atom. The van der Waals surface area contributed by atoms with E-state index in [4.69, 9.17) is 16.6 Å². The van der Waals surface area contributed by atoms with Crippen LogP contribution < -0.4 is 0 Å². The fourth-order valence-corrected chi connectivity index (χ4v) is 2.89. The third-order valence-electron chi connectivity index (χ3n) is 3.34. The lowest BCUT2D eigenvalue weighted by atomic mass is 10.2. The number of nitrogens with zero attached hydrogens (tertiary/aromatic N) is 3. The second kappa shape index (κ2) is 7.43. The number of benzene rings is 1. The van der Waals surface area contributed by atoms with E-state index in [0.717, 1.165) is 41.7 Å². The molecule has 0 amide bonds. The summed E-state index contributed by atoms with van der Waals surface area (Å²) in [5.74, 6) is 1.71. The van der Waals surface area contributed by atoms with Crippen molar-refractivity contribution in [2.45, 2.75) is 25.8 Å². The van der Waals surface area contributed by atoms with Crippen LogP contribution in [-0.2, 0) is 13.0 Å². The Bertz CT molecular complexity index is 565. The summed E-state index contributed by atoms with van der Waals surface area (Å²) in [7, 11) is 4.23. The topological polar surface area (TPSA) is 21.1 Å². The van der Waals surface area contributed by atoms with Gasteiger partial charge >= 0.3 is 0 Å². The number of unbranched alkanes of at least 4 members (excludes halogenated alkanes) is 1. The van der Waals surface area contributed by atoms with Gasteiger partial charge in [-0.15, -0.1) is 11.6 Å². The largest absolute Gasteiger partial charge is 0.328 e. The van der Waals surface area contributed by atoms with Crippen molar-refractivity contribution in [2.24, 2.45) is 0 Å². The van der Waals surface area contributed by atoms with Gasteiger partial charge in [-0.2, -0.15) is 0 Å². The molecule has 0 fully saturated rings. The highest BCUT2D eigenvalue weighted by molar-refractivity contribution is 9.10. The maximum atomic E-state index is 5.90. The fraction of sp³-hybridized carbons (Fsp3) is 0.533. The Balaban J connectivity index is 2.19. The van der Waals surface area contributed by atoms with Crippen molar-refractivity contribution in [1.29, 1.82) is 0 Å². The van der Waals surface area contributed by atoms with Gasteiger partial charge in [0.05, 0.1) is 11.0 Å². The first-order chi connectivity index (χ1) is 9.61. The van der Waals surface area contributed by atoms with E-state index in [0.29, 0.717) is 5.88 Å². The molecule has 0 radical (unpaired) electrons. The van der Waals surface area contributed by atoms with E-state index in [-0.39, 0.29) is 0 Å². The van der Waals surface area contributed by atoms with Crippen LogP contribution in [0.15, 0.2) is 22.7 Å². The highest BCUT2D eigenvalue weighted by Crippen LogP contribution is 2.22. The Kier molecular flexibility index (Phi) is 5.87. The Labute approximate surface area is 134 Å². The lowest BCUT2D eigenvalue weighted by Crippen LogP contribution is -2.14. The number of aryl methyl sites for hydroxylation is 2. The molecule has 5 heteroatoms. The fourth-order valence-electron chi connectivity index (χ4n) is 2.37. The number of rotatable bonds is 7. The average Bonchev–Trinajstić information content (AvgIpc) is 2.72. The summed E-state index contributed by atoms with van der Waals surface area (Å²) in [4.78, 5) is 6.93. The number of aromatic nitrogens is 2. The summed E-state index contributed by atoms with van der Waals surface area (Å²) in [6.07, 6.45) is 3.17. The molecule has 1 aromatic carbocycles. The minimum absolute atomic E-state index is 0.613. The minimum Gasteiger partial charge on any atom is -0.328 e. The number of hydrogen-bond donors (Lipinski definition) is 0. The number of fused-ring (bicyclic) bond motifs is 1. The molecule has 0 bridgehead atoms. The van der Waals surface area contributed by atoms with Crippen molar-refractivity contribution in [3.8, 4) is 0 Å². The molecule has 0 saturated carbocycles. The molecule has 0 atom stereocenters. The number of alkyl halides is 1. The zero-order chi connectivity index (χ0) is 14.5. The molecule has 1 heterocycles. The smallest absolute Gasteiger partial charge is 0.111 e. The minimum atomic E-state index is 0.613. The van der Waals surface area contributed by atoms with Crippen LogP contribution >= 0.6 is 27.5 Å². The lowest BCUT2D eigenvalue weighted by Gasteiger charge is -2.11. The summed E-state index contributed by atoms with van der Waals surface area (Å²) in [5, 5.41) is 0. The number of hydrogen-bond acceptors (Lipinski definition) is 2. The van der Waals surface area contributed by atoms with Crippen molar-refractivity contribution in [3.63, 3.8) is 0 Å². The molecule has 0 aliphatic carbocycles. The highest BCUT2D eigenvalue weighted by atomic mass is 79.9. The summed E-state index contributed by atoms with van der Waals surface area (Å²) in [6, 6.07) is 6.25. The van der Waals surface area contributed by atoms with E-state index >= 15 is 0 Å². The predicted molar refractivity (Wildman–Crippen MR) is 89.6 cm³/mol. The zero-order valence-electron chi connectivity index (χ0n) is 12.1. The molecule has 0 N–H and O–H groups in total. The van der Waals surface area contributed by atoms with E-state index < -0.39 is 0 Å². The molecule has 20 heavy (non-hydrogen) atoms. The van der Waals surface area contributed by atoms with E-state index in [1.165, 1.54) is 11.9 Å². The van der Waals surface area contributed by atoms with Gasteiger partial charge in [-0.3, -0.25) is 0 Å². The van der Waals surface area contributed by atoms with E-state index in [9.17, 15) is 0 Å². The maximum Gasteiger partial charge on any atom is 0.111 e. The van der Waals surface area contributed by atoms with Crippen LogP contribution in [0.1, 0.15) is 18.7 Å². The molecular weight excluding hydrogens is 338 g/mol. The highest BCUT2D eigenvalue weighted by Gasteiger charge is 2.10. The molecule has 0 aliphatic rings. The van der Waals surface area contributed by atoms with Crippen molar-refractivity contribution < 1.29 is 0 Å². The SMILES string of the molecule is CN(C)CCCCn1c(CCCl)nc2ccc(Br)cc21. The van der Waals surface area contributed by atoms with Gasteiger partial charge in [-0.25, -0.2) is 4.98 Å². The monoisotopic (exact) mass is 357 g/mol. The van der Waals surface area contributed by atoms with Crippen LogP contribution in [0.4, 0.5) is 0 Å². The Hall–Kier alpha value is -0.580. The quantitative estimate of drug-likeness (QED) is 0.552. The zero-order valence-corrected chi connectivity index (χ0v) is 14.4. The van der Waals surface area contributed by atoms with Gasteiger partial charge in [0.15, 0.2) is 0 Å². The summed E-state index contributed by atoms with van der Waals surface area (Å²) in [5.41, 5.74) is 2.25. The van der Waals surface area contributed by atoms with Crippen LogP contribution in [0.3, 0.4) is 0 Å².